The second-order valence-corrected chi connectivity index (χ2v) is 4.48. The summed E-state index contributed by atoms with van der Waals surface area (Å²) in [7, 11) is 1.57. The number of hydrogen-bond donors (Lipinski definition) is 3. The van der Waals surface area contributed by atoms with Crippen LogP contribution in [0.5, 0.6) is 0 Å². The largest absolute Gasteiger partial charge is 0.355 e. The molecule has 2 amide bonds. The van der Waals surface area contributed by atoms with Crippen LogP contribution in [-0.4, -0.2) is 25.4 Å². The molecule has 0 heterocycles. The molecule has 1 aromatic rings. The molecule has 0 bridgehead atoms. The summed E-state index contributed by atoms with van der Waals surface area (Å²) in [6, 6.07) is 6.86. The van der Waals surface area contributed by atoms with E-state index in [1.807, 2.05) is 6.92 Å². The lowest BCUT2D eigenvalue weighted by molar-refractivity contribution is -0.119. The second-order valence-electron chi connectivity index (χ2n) is 4.48. The van der Waals surface area contributed by atoms with E-state index < -0.39 is 0 Å². The highest BCUT2D eigenvalue weighted by Gasteiger charge is 2.13. The summed E-state index contributed by atoms with van der Waals surface area (Å²) in [6.45, 7) is 2.46. The molecule has 0 aromatic heterocycles. The van der Waals surface area contributed by atoms with E-state index in [0.717, 1.165) is 12.8 Å². The van der Waals surface area contributed by atoms with Crippen LogP contribution >= 0.6 is 0 Å². The van der Waals surface area contributed by atoms with Crippen LogP contribution in [0.3, 0.4) is 0 Å². The molecular formula is C14H21N3O2. The molecule has 1 aromatic carbocycles. The van der Waals surface area contributed by atoms with Crippen LogP contribution in [0, 0.1) is 5.92 Å². The number of anilines is 1. The van der Waals surface area contributed by atoms with Crippen LogP contribution in [0.4, 0.5) is 5.69 Å². The molecule has 0 fully saturated rings. The van der Waals surface area contributed by atoms with Gasteiger partial charge in [-0.3, -0.25) is 9.59 Å². The van der Waals surface area contributed by atoms with Crippen LogP contribution in [0.1, 0.15) is 30.1 Å². The van der Waals surface area contributed by atoms with Crippen LogP contribution in [0.25, 0.3) is 0 Å². The first-order valence-corrected chi connectivity index (χ1v) is 6.41. The second kappa shape index (κ2) is 7.53. The van der Waals surface area contributed by atoms with Gasteiger partial charge >= 0.3 is 0 Å². The highest BCUT2D eigenvalue weighted by molar-refractivity contribution is 5.97. The molecule has 0 aliphatic heterocycles. The van der Waals surface area contributed by atoms with Gasteiger partial charge in [-0.15, -0.1) is 0 Å². The van der Waals surface area contributed by atoms with Gasteiger partial charge in [0.05, 0.1) is 0 Å². The zero-order chi connectivity index (χ0) is 14.3. The van der Waals surface area contributed by atoms with Gasteiger partial charge in [0.2, 0.25) is 5.91 Å². The third-order valence-corrected chi connectivity index (χ3v) is 2.91. The molecule has 1 atom stereocenters. The Morgan fingerprint density at radius 2 is 2.11 bits per heavy atom. The molecule has 19 heavy (non-hydrogen) atoms. The summed E-state index contributed by atoms with van der Waals surface area (Å²) in [4.78, 5) is 23.4. The Balaban J connectivity index is 2.66. The molecule has 0 saturated heterocycles. The Hall–Kier alpha value is -1.88. The van der Waals surface area contributed by atoms with Crippen molar-refractivity contribution in [2.45, 2.75) is 19.8 Å². The predicted octanol–water partition coefficient (Wildman–Crippen LogP) is 1.36. The van der Waals surface area contributed by atoms with Crippen molar-refractivity contribution in [1.29, 1.82) is 0 Å². The van der Waals surface area contributed by atoms with Gasteiger partial charge in [0, 0.05) is 24.2 Å². The lowest BCUT2D eigenvalue weighted by atomic mass is 10.0. The number of hydrogen-bond acceptors (Lipinski definition) is 3. The first-order chi connectivity index (χ1) is 9.08. The smallest absolute Gasteiger partial charge is 0.251 e. The lowest BCUT2D eigenvalue weighted by Gasteiger charge is -2.12. The number of rotatable bonds is 6. The monoisotopic (exact) mass is 263 g/mol. The molecule has 0 aliphatic carbocycles. The number of benzene rings is 1. The number of nitrogens with two attached hydrogens (primary N) is 1. The summed E-state index contributed by atoms with van der Waals surface area (Å²) in [6.07, 6.45) is 1.59. The molecule has 0 aliphatic rings. The fraction of sp³-hybridized carbons (Fsp3) is 0.429. The van der Waals surface area contributed by atoms with Crippen LogP contribution < -0.4 is 16.4 Å². The SMILES string of the molecule is CNC(=O)c1cccc(NC(=O)C(C)CCCN)c1. The van der Waals surface area contributed by atoms with Gasteiger partial charge in [0.15, 0.2) is 0 Å². The van der Waals surface area contributed by atoms with E-state index in [-0.39, 0.29) is 17.7 Å². The van der Waals surface area contributed by atoms with Crippen molar-refractivity contribution in [2.75, 3.05) is 18.9 Å². The average Bonchev–Trinajstić information content (AvgIpc) is 2.44. The molecule has 5 heteroatoms. The van der Waals surface area contributed by atoms with Crippen molar-refractivity contribution in [1.82, 2.24) is 5.32 Å². The van der Waals surface area contributed by atoms with Gasteiger partial charge < -0.3 is 16.4 Å². The first kappa shape index (κ1) is 15.2. The highest BCUT2D eigenvalue weighted by atomic mass is 16.2. The molecule has 0 spiro atoms. The fourth-order valence-electron chi connectivity index (χ4n) is 1.70. The lowest BCUT2D eigenvalue weighted by Crippen LogP contribution is -2.22. The van der Waals surface area contributed by atoms with E-state index in [9.17, 15) is 9.59 Å². The highest BCUT2D eigenvalue weighted by Crippen LogP contribution is 2.13. The van der Waals surface area contributed by atoms with E-state index >= 15 is 0 Å². The molecule has 0 radical (unpaired) electrons. The molecular weight excluding hydrogens is 242 g/mol. The Labute approximate surface area is 113 Å². The minimum Gasteiger partial charge on any atom is -0.355 e. The summed E-state index contributed by atoms with van der Waals surface area (Å²) in [5.41, 5.74) is 6.58. The van der Waals surface area contributed by atoms with Crippen molar-refractivity contribution in [3.8, 4) is 0 Å². The normalized spacial score (nSPS) is 11.7. The number of carbonyl (C=O) groups excluding carboxylic acids is 2. The third-order valence-electron chi connectivity index (χ3n) is 2.91. The summed E-state index contributed by atoms with van der Waals surface area (Å²) < 4.78 is 0. The Kier molecular flexibility index (Phi) is 6.02. The maximum Gasteiger partial charge on any atom is 0.251 e. The van der Waals surface area contributed by atoms with Crippen molar-refractivity contribution < 1.29 is 9.59 Å². The first-order valence-electron chi connectivity index (χ1n) is 6.41. The Morgan fingerprint density at radius 1 is 1.37 bits per heavy atom. The number of carbonyl (C=O) groups is 2. The van der Waals surface area contributed by atoms with Gasteiger partial charge in [0.25, 0.3) is 5.91 Å². The van der Waals surface area contributed by atoms with Gasteiger partial charge in [-0.1, -0.05) is 13.0 Å². The molecule has 104 valence electrons. The summed E-state index contributed by atoms with van der Waals surface area (Å²) >= 11 is 0. The van der Waals surface area contributed by atoms with Gasteiger partial charge in [-0.25, -0.2) is 0 Å². The summed E-state index contributed by atoms with van der Waals surface area (Å²) in [5.74, 6) is -0.318. The topological polar surface area (TPSA) is 84.2 Å². The molecule has 4 N–H and O–H groups in total. The van der Waals surface area contributed by atoms with E-state index in [2.05, 4.69) is 10.6 Å². The van der Waals surface area contributed by atoms with Gasteiger partial charge in [-0.05, 0) is 37.6 Å². The molecule has 5 nitrogen and oxygen atoms in total. The van der Waals surface area contributed by atoms with Crippen molar-refractivity contribution in [3.05, 3.63) is 29.8 Å². The maximum atomic E-state index is 11.9. The average molecular weight is 263 g/mol. The predicted molar refractivity (Wildman–Crippen MR) is 75.9 cm³/mol. The Bertz CT molecular complexity index is 446. The molecule has 1 rings (SSSR count). The standard InChI is InChI=1S/C14H21N3O2/c1-10(5-4-8-15)13(18)17-12-7-3-6-11(9-12)14(19)16-2/h3,6-7,9-10H,4-5,8,15H2,1-2H3,(H,16,19)(H,17,18). The number of nitrogens with one attached hydrogen (secondary N) is 2. The minimum atomic E-state index is -0.174. The maximum absolute atomic E-state index is 11.9. The Morgan fingerprint density at radius 3 is 2.74 bits per heavy atom. The van der Waals surface area contributed by atoms with E-state index in [4.69, 9.17) is 5.73 Å². The van der Waals surface area contributed by atoms with E-state index in [0.29, 0.717) is 17.8 Å². The van der Waals surface area contributed by atoms with Crippen LogP contribution in [0.15, 0.2) is 24.3 Å². The van der Waals surface area contributed by atoms with E-state index in [1.54, 1.807) is 31.3 Å². The van der Waals surface area contributed by atoms with Gasteiger partial charge in [0.1, 0.15) is 0 Å². The molecule has 1 unspecified atom stereocenters. The van der Waals surface area contributed by atoms with Crippen molar-refractivity contribution in [2.24, 2.45) is 11.7 Å². The van der Waals surface area contributed by atoms with E-state index in [1.165, 1.54) is 0 Å². The zero-order valence-electron chi connectivity index (χ0n) is 11.4. The van der Waals surface area contributed by atoms with Gasteiger partial charge in [-0.2, -0.15) is 0 Å². The van der Waals surface area contributed by atoms with Crippen molar-refractivity contribution in [3.63, 3.8) is 0 Å². The van der Waals surface area contributed by atoms with Crippen molar-refractivity contribution >= 4 is 17.5 Å². The fourth-order valence-corrected chi connectivity index (χ4v) is 1.70. The molecule has 0 saturated carbocycles. The third kappa shape index (κ3) is 4.71. The summed E-state index contributed by atoms with van der Waals surface area (Å²) in [5, 5.41) is 5.36. The van der Waals surface area contributed by atoms with Crippen LogP contribution in [0.2, 0.25) is 0 Å². The zero-order valence-corrected chi connectivity index (χ0v) is 11.4. The minimum absolute atomic E-state index is 0.0532. The van der Waals surface area contributed by atoms with Crippen LogP contribution in [-0.2, 0) is 4.79 Å². The quantitative estimate of drug-likeness (QED) is 0.724. The number of amides is 2.